The highest BCUT2D eigenvalue weighted by Crippen LogP contribution is 2.25. The van der Waals surface area contributed by atoms with Crippen LogP contribution in [0.1, 0.15) is 26.2 Å². The minimum atomic E-state index is -0.840. The standard InChI is InChI=1S/C13H16Cl2N2O3/c1-8(3-2-4-12(18)19)16-13(20)17-11-7-9(14)5-6-10(11)15/h5-8H,2-4H2,1H3,(H,18,19)(H2,16,17,20). The van der Waals surface area contributed by atoms with Crippen LogP contribution in [0.3, 0.4) is 0 Å². The Bertz CT molecular complexity index is 495. The van der Waals surface area contributed by atoms with E-state index in [1.807, 2.05) is 0 Å². The van der Waals surface area contributed by atoms with E-state index >= 15 is 0 Å². The summed E-state index contributed by atoms with van der Waals surface area (Å²) in [6.07, 6.45) is 1.19. The Morgan fingerprint density at radius 1 is 1.35 bits per heavy atom. The highest BCUT2D eigenvalue weighted by molar-refractivity contribution is 6.35. The molecular weight excluding hydrogens is 303 g/mol. The second-order valence-electron chi connectivity index (χ2n) is 4.41. The summed E-state index contributed by atoms with van der Waals surface area (Å²) in [5, 5.41) is 14.7. The number of carbonyl (C=O) groups is 2. The predicted octanol–water partition coefficient (Wildman–Crippen LogP) is 3.76. The highest BCUT2D eigenvalue weighted by atomic mass is 35.5. The molecule has 0 spiro atoms. The normalized spacial score (nSPS) is 11.8. The molecule has 20 heavy (non-hydrogen) atoms. The summed E-state index contributed by atoms with van der Waals surface area (Å²) >= 11 is 11.7. The van der Waals surface area contributed by atoms with E-state index in [0.717, 1.165) is 0 Å². The Morgan fingerprint density at radius 3 is 2.70 bits per heavy atom. The van der Waals surface area contributed by atoms with Gasteiger partial charge in [0.05, 0.1) is 10.7 Å². The Labute approximate surface area is 127 Å². The van der Waals surface area contributed by atoms with Gasteiger partial charge in [-0.1, -0.05) is 23.2 Å². The van der Waals surface area contributed by atoms with Gasteiger partial charge >= 0.3 is 12.0 Å². The lowest BCUT2D eigenvalue weighted by molar-refractivity contribution is -0.137. The second-order valence-corrected chi connectivity index (χ2v) is 5.25. The molecule has 0 bridgehead atoms. The predicted molar refractivity (Wildman–Crippen MR) is 79.6 cm³/mol. The monoisotopic (exact) mass is 318 g/mol. The molecule has 2 amide bonds. The van der Waals surface area contributed by atoms with Gasteiger partial charge in [0, 0.05) is 17.5 Å². The fourth-order valence-electron chi connectivity index (χ4n) is 1.61. The molecule has 1 atom stereocenters. The van der Waals surface area contributed by atoms with Gasteiger partial charge in [0.2, 0.25) is 0 Å². The van der Waals surface area contributed by atoms with Crippen molar-refractivity contribution in [1.82, 2.24) is 5.32 Å². The van der Waals surface area contributed by atoms with Crippen LogP contribution in [0.25, 0.3) is 0 Å². The van der Waals surface area contributed by atoms with Crippen molar-refractivity contribution in [3.63, 3.8) is 0 Å². The first kappa shape index (κ1) is 16.6. The number of aliphatic carboxylic acids is 1. The van der Waals surface area contributed by atoms with E-state index in [1.54, 1.807) is 25.1 Å². The Morgan fingerprint density at radius 2 is 2.05 bits per heavy atom. The van der Waals surface area contributed by atoms with Gasteiger partial charge in [-0.2, -0.15) is 0 Å². The lowest BCUT2D eigenvalue weighted by Gasteiger charge is -2.14. The fourth-order valence-corrected chi connectivity index (χ4v) is 1.94. The van der Waals surface area contributed by atoms with Gasteiger partial charge in [-0.25, -0.2) is 4.79 Å². The molecule has 0 saturated carbocycles. The molecule has 0 heterocycles. The molecule has 0 aliphatic rings. The molecule has 1 aromatic carbocycles. The van der Waals surface area contributed by atoms with Crippen LogP contribution < -0.4 is 10.6 Å². The van der Waals surface area contributed by atoms with Crippen LogP contribution >= 0.6 is 23.2 Å². The van der Waals surface area contributed by atoms with E-state index < -0.39 is 12.0 Å². The van der Waals surface area contributed by atoms with E-state index in [0.29, 0.717) is 28.6 Å². The number of hydrogen-bond acceptors (Lipinski definition) is 2. The average molecular weight is 319 g/mol. The van der Waals surface area contributed by atoms with Crippen molar-refractivity contribution in [3.05, 3.63) is 28.2 Å². The van der Waals surface area contributed by atoms with Crippen LogP contribution in [0.4, 0.5) is 10.5 Å². The zero-order chi connectivity index (χ0) is 15.1. The molecule has 1 unspecified atom stereocenters. The summed E-state index contributed by atoms with van der Waals surface area (Å²) in [6.45, 7) is 1.81. The SMILES string of the molecule is CC(CCCC(=O)O)NC(=O)Nc1cc(Cl)ccc1Cl. The molecular formula is C13H16Cl2N2O3. The maximum absolute atomic E-state index is 11.7. The molecule has 0 aromatic heterocycles. The quantitative estimate of drug-likeness (QED) is 0.747. The molecule has 0 radical (unpaired) electrons. The van der Waals surface area contributed by atoms with Crippen molar-refractivity contribution in [2.75, 3.05) is 5.32 Å². The first-order valence-corrected chi connectivity index (χ1v) is 6.88. The Kier molecular flexibility index (Phi) is 6.61. The molecule has 3 N–H and O–H groups in total. The first-order valence-electron chi connectivity index (χ1n) is 6.13. The molecule has 1 rings (SSSR count). The number of nitrogens with one attached hydrogen (secondary N) is 2. The molecule has 110 valence electrons. The van der Waals surface area contributed by atoms with Crippen molar-refractivity contribution in [1.29, 1.82) is 0 Å². The van der Waals surface area contributed by atoms with Crippen LogP contribution in [0.5, 0.6) is 0 Å². The minimum Gasteiger partial charge on any atom is -0.481 e. The van der Waals surface area contributed by atoms with Crippen LogP contribution in [-0.4, -0.2) is 23.1 Å². The van der Waals surface area contributed by atoms with Crippen LogP contribution in [0, 0.1) is 0 Å². The summed E-state index contributed by atoms with van der Waals surface area (Å²) < 4.78 is 0. The Hall–Kier alpha value is -1.46. The molecule has 0 fully saturated rings. The number of amides is 2. The van der Waals surface area contributed by atoms with Gasteiger partial charge in [0.25, 0.3) is 0 Å². The molecule has 1 aromatic rings. The number of anilines is 1. The van der Waals surface area contributed by atoms with Crippen molar-refractivity contribution in [3.8, 4) is 0 Å². The summed E-state index contributed by atoms with van der Waals surface area (Å²) in [7, 11) is 0. The lowest BCUT2D eigenvalue weighted by Crippen LogP contribution is -2.36. The average Bonchev–Trinajstić information content (AvgIpc) is 2.33. The lowest BCUT2D eigenvalue weighted by atomic mass is 10.1. The fraction of sp³-hybridized carbons (Fsp3) is 0.385. The number of benzene rings is 1. The van der Waals surface area contributed by atoms with Crippen LogP contribution in [0.2, 0.25) is 10.0 Å². The molecule has 0 aliphatic carbocycles. The van der Waals surface area contributed by atoms with E-state index in [1.165, 1.54) is 0 Å². The first-order chi connectivity index (χ1) is 9.38. The topological polar surface area (TPSA) is 78.4 Å². The minimum absolute atomic E-state index is 0.0910. The molecule has 0 saturated heterocycles. The third-order valence-corrected chi connectivity index (χ3v) is 3.15. The van der Waals surface area contributed by atoms with Crippen molar-refractivity contribution in [2.45, 2.75) is 32.2 Å². The number of hydrogen-bond donors (Lipinski definition) is 3. The summed E-state index contributed by atoms with van der Waals surface area (Å²) in [5.74, 6) is -0.840. The van der Waals surface area contributed by atoms with Crippen LogP contribution in [-0.2, 0) is 4.79 Å². The van der Waals surface area contributed by atoms with Crippen LogP contribution in [0.15, 0.2) is 18.2 Å². The largest absolute Gasteiger partial charge is 0.481 e. The highest BCUT2D eigenvalue weighted by Gasteiger charge is 2.10. The van der Waals surface area contributed by atoms with E-state index in [9.17, 15) is 9.59 Å². The number of carbonyl (C=O) groups excluding carboxylic acids is 1. The van der Waals surface area contributed by atoms with E-state index in [4.69, 9.17) is 28.3 Å². The molecule has 5 nitrogen and oxygen atoms in total. The molecule has 0 aliphatic heterocycles. The van der Waals surface area contributed by atoms with E-state index in [-0.39, 0.29) is 12.5 Å². The van der Waals surface area contributed by atoms with E-state index in [2.05, 4.69) is 10.6 Å². The summed E-state index contributed by atoms with van der Waals surface area (Å²) in [5.41, 5.74) is 0.425. The number of rotatable bonds is 6. The summed E-state index contributed by atoms with van der Waals surface area (Å²) in [4.78, 5) is 22.1. The van der Waals surface area contributed by atoms with Gasteiger partial charge in [-0.05, 0) is 38.0 Å². The number of carboxylic acid groups (broad SMARTS) is 1. The van der Waals surface area contributed by atoms with Gasteiger partial charge in [-0.3, -0.25) is 4.79 Å². The van der Waals surface area contributed by atoms with Crippen molar-refractivity contribution < 1.29 is 14.7 Å². The maximum Gasteiger partial charge on any atom is 0.319 e. The van der Waals surface area contributed by atoms with Gasteiger partial charge in [0.15, 0.2) is 0 Å². The zero-order valence-electron chi connectivity index (χ0n) is 11.0. The van der Waals surface area contributed by atoms with Crippen molar-refractivity contribution >= 4 is 40.9 Å². The maximum atomic E-state index is 11.7. The zero-order valence-corrected chi connectivity index (χ0v) is 12.5. The third kappa shape index (κ3) is 6.12. The Balaban J connectivity index is 2.43. The third-order valence-electron chi connectivity index (χ3n) is 2.58. The smallest absolute Gasteiger partial charge is 0.319 e. The summed E-state index contributed by atoms with van der Waals surface area (Å²) in [6, 6.07) is 4.24. The van der Waals surface area contributed by atoms with Crippen molar-refractivity contribution in [2.24, 2.45) is 0 Å². The number of halogens is 2. The van der Waals surface area contributed by atoms with Gasteiger partial charge in [0.1, 0.15) is 0 Å². The number of urea groups is 1. The molecule has 7 heteroatoms. The second kappa shape index (κ2) is 7.97. The number of carboxylic acids is 1. The van der Waals surface area contributed by atoms with Gasteiger partial charge < -0.3 is 15.7 Å². The van der Waals surface area contributed by atoms with Gasteiger partial charge in [-0.15, -0.1) is 0 Å².